The summed E-state index contributed by atoms with van der Waals surface area (Å²) < 4.78 is 27.6. The highest BCUT2D eigenvalue weighted by Gasteiger charge is 2.32. The van der Waals surface area contributed by atoms with Crippen molar-refractivity contribution in [1.29, 1.82) is 0 Å². The van der Waals surface area contributed by atoms with E-state index in [0.29, 0.717) is 36.6 Å². The largest absolute Gasteiger partial charge is 0.368 e. The molecule has 0 aromatic heterocycles. The Labute approximate surface area is 188 Å². The van der Waals surface area contributed by atoms with Gasteiger partial charge in [-0.2, -0.15) is 0 Å². The first kappa shape index (κ1) is 22.0. The van der Waals surface area contributed by atoms with E-state index in [9.17, 15) is 23.2 Å². The van der Waals surface area contributed by atoms with E-state index in [0.717, 1.165) is 17.7 Å². The van der Waals surface area contributed by atoms with Crippen molar-refractivity contribution in [3.05, 3.63) is 52.6 Å². The molecule has 7 nitrogen and oxygen atoms in total. The van der Waals surface area contributed by atoms with Crippen molar-refractivity contribution >= 4 is 46.4 Å². The first-order valence-corrected chi connectivity index (χ1v) is 10.4. The molecule has 0 saturated carbocycles. The highest BCUT2D eigenvalue weighted by molar-refractivity contribution is 6.39. The zero-order valence-corrected chi connectivity index (χ0v) is 18.2. The fourth-order valence-electron chi connectivity index (χ4n) is 4.05. The molecule has 32 heavy (non-hydrogen) atoms. The number of likely N-dealkylation sites (N-methyl/N-ethyl adjacent to an activating group) is 1. The third-order valence-electron chi connectivity index (χ3n) is 5.84. The Balaban J connectivity index is 1.41. The van der Waals surface area contributed by atoms with Crippen molar-refractivity contribution in [1.82, 2.24) is 4.90 Å². The van der Waals surface area contributed by atoms with Gasteiger partial charge in [0, 0.05) is 49.8 Å². The SMILES string of the molecule is C[C@@H]1CN(c2cc(F)c(Cl)c(F)c2)CCN1C(=O)C(=O)Nc1ccc2c(c1)N(C)C(=O)C2. The summed E-state index contributed by atoms with van der Waals surface area (Å²) in [7, 11) is 1.66. The van der Waals surface area contributed by atoms with E-state index in [2.05, 4.69) is 5.32 Å². The highest BCUT2D eigenvalue weighted by atomic mass is 35.5. The van der Waals surface area contributed by atoms with Crippen LogP contribution in [-0.2, 0) is 20.8 Å². The number of carbonyl (C=O) groups excluding carboxylic acids is 3. The third-order valence-corrected chi connectivity index (χ3v) is 6.20. The predicted octanol–water partition coefficient (Wildman–Crippen LogP) is 2.81. The van der Waals surface area contributed by atoms with Crippen molar-refractivity contribution in [3.8, 4) is 0 Å². The van der Waals surface area contributed by atoms with Crippen LogP contribution in [0.2, 0.25) is 5.02 Å². The number of nitrogens with zero attached hydrogens (tertiary/aromatic N) is 3. The number of hydrogen-bond donors (Lipinski definition) is 1. The Morgan fingerprint density at radius 1 is 1.12 bits per heavy atom. The Morgan fingerprint density at radius 3 is 2.47 bits per heavy atom. The summed E-state index contributed by atoms with van der Waals surface area (Å²) in [4.78, 5) is 41.8. The lowest BCUT2D eigenvalue weighted by atomic mass is 10.1. The van der Waals surface area contributed by atoms with Gasteiger partial charge in [0.2, 0.25) is 5.91 Å². The number of anilines is 3. The molecule has 0 aliphatic carbocycles. The minimum atomic E-state index is -0.853. The number of hydrogen-bond acceptors (Lipinski definition) is 4. The van der Waals surface area contributed by atoms with Gasteiger partial charge in [-0.3, -0.25) is 14.4 Å². The summed E-state index contributed by atoms with van der Waals surface area (Å²) in [5, 5.41) is 2.03. The van der Waals surface area contributed by atoms with Crippen molar-refractivity contribution < 1.29 is 23.2 Å². The quantitative estimate of drug-likeness (QED) is 0.550. The minimum Gasteiger partial charge on any atom is -0.368 e. The summed E-state index contributed by atoms with van der Waals surface area (Å²) in [6.07, 6.45) is 0.308. The van der Waals surface area contributed by atoms with Crippen LogP contribution < -0.4 is 15.1 Å². The maximum absolute atomic E-state index is 13.8. The number of piperazine rings is 1. The molecule has 1 N–H and O–H groups in total. The van der Waals surface area contributed by atoms with Gasteiger partial charge in [-0.1, -0.05) is 17.7 Å². The molecule has 168 valence electrons. The first-order valence-electron chi connectivity index (χ1n) is 10.1. The number of carbonyl (C=O) groups is 3. The highest BCUT2D eigenvalue weighted by Crippen LogP contribution is 2.31. The van der Waals surface area contributed by atoms with Gasteiger partial charge in [0.05, 0.1) is 6.42 Å². The molecule has 2 aliphatic heterocycles. The van der Waals surface area contributed by atoms with Gasteiger partial charge in [-0.05, 0) is 36.8 Å². The van der Waals surface area contributed by atoms with E-state index in [4.69, 9.17) is 11.6 Å². The Hall–Kier alpha value is -3.20. The topological polar surface area (TPSA) is 73.0 Å². The van der Waals surface area contributed by atoms with Gasteiger partial charge >= 0.3 is 11.8 Å². The summed E-state index contributed by atoms with van der Waals surface area (Å²) in [6.45, 7) is 2.57. The number of benzene rings is 2. The van der Waals surface area contributed by atoms with E-state index in [1.165, 1.54) is 9.80 Å². The van der Waals surface area contributed by atoms with Crippen LogP contribution in [0.4, 0.5) is 25.8 Å². The number of rotatable bonds is 2. The van der Waals surface area contributed by atoms with Crippen LogP contribution in [0.25, 0.3) is 0 Å². The van der Waals surface area contributed by atoms with Crippen molar-refractivity contribution in [2.75, 3.05) is 41.8 Å². The number of amides is 3. The zero-order valence-electron chi connectivity index (χ0n) is 17.5. The molecule has 2 aliphatic rings. The molecule has 0 radical (unpaired) electrons. The molecule has 4 rings (SSSR count). The lowest BCUT2D eigenvalue weighted by Crippen LogP contribution is -2.56. The molecule has 0 spiro atoms. The fraction of sp³-hybridized carbons (Fsp3) is 0.318. The molecular formula is C22H21ClF2N4O3. The van der Waals surface area contributed by atoms with Crippen LogP contribution in [0.1, 0.15) is 12.5 Å². The second kappa shape index (κ2) is 8.38. The van der Waals surface area contributed by atoms with Crippen molar-refractivity contribution in [2.24, 2.45) is 0 Å². The molecule has 0 bridgehead atoms. The molecule has 3 amide bonds. The summed E-state index contributed by atoms with van der Waals surface area (Å²) in [5.41, 5.74) is 2.30. The standard InChI is InChI=1S/C22H21ClF2N4O3/c1-12-11-28(15-9-16(24)20(23)17(25)10-15)5-6-29(12)22(32)21(31)26-14-4-3-13-7-19(30)27(2)18(13)8-14/h3-4,8-10,12H,5-7,11H2,1-2H3,(H,26,31)/t12-/m1/s1. The van der Waals surface area contributed by atoms with Gasteiger partial charge < -0.3 is 20.0 Å². The minimum absolute atomic E-state index is 0.0355. The van der Waals surface area contributed by atoms with Crippen LogP contribution in [0.5, 0.6) is 0 Å². The molecular weight excluding hydrogens is 442 g/mol. The number of nitrogens with one attached hydrogen (secondary N) is 1. The van der Waals surface area contributed by atoms with Crippen LogP contribution >= 0.6 is 11.6 Å². The van der Waals surface area contributed by atoms with E-state index in [-0.39, 0.29) is 18.5 Å². The van der Waals surface area contributed by atoms with Gasteiger partial charge in [-0.15, -0.1) is 0 Å². The number of fused-ring (bicyclic) bond motifs is 1. The fourth-order valence-corrected chi connectivity index (χ4v) is 4.16. The summed E-state index contributed by atoms with van der Waals surface area (Å²) >= 11 is 5.54. The van der Waals surface area contributed by atoms with Crippen LogP contribution in [0.3, 0.4) is 0 Å². The Bertz CT molecular complexity index is 1100. The summed E-state index contributed by atoms with van der Waals surface area (Å²) in [6, 6.07) is 7.00. The molecule has 2 heterocycles. The van der Waals surface area contributed by atoms with E-state index < -0.39 is 28.5 Å². The molecule has 1 saturated heterocycles. The second-order valence-electron chi connectivity index (χ2n) is 7.94. The monoisotopic (exact) mass is 462 g/mol. The molecule has 1 fully saturated rings. The third kappa shape index (κ3) is 4.00. The van der Waals surface area contributed by atoms with Gasteiger partial charge in [0.15, 0.2) is 0 Å². The predicted molar refractivity (Wildman–Crippen MR) is 117 cm³/mol. The first-order chi connectivity index (χ1) is 15.2. The van der Waals surface area contributed by atoms with Crippen LogP contribution in [-0.4, -0.2) is 55.3 Å². The normalized spacial score (nSPS) is 18.1. The molecule has 2 aromatic carbocycles. The zero-order chi connectivity index (χ0) is 23.2. The van der Waals surface area contributed by atoms with Crippen molar-refractivity contribution in [3.63, 3.8) is 0 Å². The second-order valence-corrected chi connectivity index (χ2v) is 8.32. The Morgan fingerprint density at radius 2 is 1.81 bits per heavy atom. The van der Waals surface area contributed by atoms with E-state index >= 15 is 0 Å². The molecule has 1 atom stereocenters. The number of halogens is 3. The molecule has 10 heteroatoms. The van der Waals surface area contributed by atoms with Gasteiger partial charge in [0.25, 0.3) is 0 Å². The maximum atomic E-state index is 13.8. The van der Waals surface area contributed by atoms with Gasteiger partial charge in [-0.25, -0.2) is 8.78 Å². The smallest absolute Gasteiger partial charge is 0.313 e. The van der Waals surface area contributed by atoms with E-state index in [1.54, 1.807) is 37.1 Å². The van der Waals surface area contributed by atoms with Gasteiger partial charge in [0.1, 0.15) is 16.7 Å². The average molecular weight is 463 g/mol. The summed E-state index contributed by atoms with van der Waals surface area (Å²) in [5.74, 6) is -3.23. The average Bonchev–Trinajstić information content (AvgIpc) is 3.04. The van der Waals surface area contributed by atoms with Crippen LogP contribution in [0.15, 0.2) is 30.3 Å². The van der Waals surface area contributed by atoms with E-state index in [1.807, 2.05) is 0 Å². The lowest BCUT2D eigenvalue weighted by Gasteiger charge is -2.40. The Kier molecular flexibility index (Phi) is 5.77. The van der Waals surface area contributed by atoms with Crippen LogP contribution in [0, 0.1) is 11.6 Å². The maximum Gasteiger partial charge on any atom is 0.313 e. The lowest BCUT2D eigenvalue weighted by molar-refractivity contribution is -0.144. The van der Waals surface area contributed by atoms with Crippen molar-refractivity contribution in [2.45, 2.75) is 19.4 Å². The molecule has 0 unspecified atom stereocenters. The molecule has 2 aromatic rings.